The smallest absolute Gasteiger partial charge is 0.157 e. The van der Waals surface area contributed by atoms with E-state index in [2.05, 4.69) is 6.58 Å². The molecule has 2 heteroatoms. The molecule has 1 atom stereocenters. The monoisotopic (exact) mass is 112 g/mol. The molecule has 1 heterocycles. The minimum Gasteiger partial charge on any atom is -0.373 e. The van der Waals surface area contributed by atoms with E-state index >= 15 is 0 Å². The lowest BCUT2D eigenvalue weighted by molar-refractivity contribution is -0.114. The van der Waals surface area contributed by atoms with Crippen LogP contribution in [0.5, 0.6) is 0 Å². The fourth-order valence-corrected chi connectivity index (χ4v) is 0.494. The Labute approximate surface area is 48.1 Å². The molecule has 0 amide bonds. The first kappa shape index (κ1) is 5.51. The number of allylic oxidation sites excluding steroid dienone is 1. The largest absolute Gasteiger partial charge is 0.373 e. The summed E-state index contributed by atoms with van der Waals surface area (Å²) in [6.07, 6.45) is 2.06. The lowest BCUT2D eigenvalue weighted by atomic mass is 10.2. The number of ketones is 1. The number of carbonyl (C=O) groups is 1. The highest BCUT2D eigenvalue weighted by Crippen LogP contribution is 2.13. The first-order valence-electron chi connectivity index (χ1n) is 2.60. The highest BCUT2D eigenvalue weighted by atomic mass is 16.6. The zero-order valence-electron chi connectivity index (χ0n) is 4.59. The fourth-order valence-electron chi connectivity index (χ4n) is 0.494. The van der Waals surface area contributed by atoms with Crippen molar-refractivity contribution < 1.29 is 9.53 Å². The van der Waals surface area contributed by atoms with Crippen LogP contribution in [0.15, 0.2) is 12.7 Å². The molecule has 0 aromatic rings. The number of carbonyl (C=O) groups excluding carboxylic acids is 1. The van der Waals surface area contributed by atoms with E-state index in [0.29, 0.717) is 6.42 Å². The third kappa shape index (κ3) is 1.46. The SMILES string of the molecule is C=CC(=O)CC1CO1. The van der Waals surface area contributed by atoms with E-state index in [0.717, 1.165) is 6.61 Å². The average molecular weight is 112 g/mol. The van der Waals surface area contributed by atoms with Gasteiger partial charge in [0.15, 0.2) is 5.78 Å². The van der Waals surface area contributed by atoms with Gasteiger partial charge in [-0.1, -0.05) is 6.58 Å². The van der Waals surface area contributed by atoms with Crippen LogP contribution in [0.2, 0.25) is 0 Å². The standard InChI is InChI=1S/C6H8O2/c1-2-5(7)3-6-4-8-6/h2,6H,1,3-4H2. The molecule has 1 aliphatic heterocycles. The van der Waals surface area contributed by atoms with Crippen molar-refractivity contribution in [2.75, 3.05) is 6.61 Å². The lowest BCUT2D eigenvalue weighted by Crippen LogP contribution is -1.96. The van der Waals surface area contributed by atoms with Gasteiger partial charge in [0.1, 0.15) is 0 Å². The van der Waals surface area contributed by atoms with E-state index in [1.165, 1.54) is 6.08 Å². The molecule has 44 valence electrons. The quantitative estimate of drug-likeness (QED) is 0.393. The van der Waals surface area contributed by atoms with Crippen molar-refractivity contribution in [3.63, 3.8) is 0 Å². The average Bonchev–Trinajstić information content (AvgIpc) is 2.50. The first-order valence-corrected chi connectivity index (χ1v) is 2.60. The number of rotatable bonds is 3. The van der Waals surface area contributed by atoms with Gasteiger partial charge in [0, 0.05) is 6.42 Å². The summed E-state index contributed by atoms with van der Waals surface area (Å²) in [5.41, 5.74) is 0. The summed E-state index contributed by atoms with van der Waals surface area (Å²) >= 11 is 0. The predicted molar refractivity (Wildman–Crippen MR) is 29.6 cm³/mol. The van der Waals surface area contributed by atoms with E-state index in [1.54, 1.807) is 0 Å². The molecular weight excluding hydrogens is 104 g/mol. The molecule has 0 spiro atoms. The molecule has 1 rings (SSSR count). The van der Waals surface area contributed by atoms with E-state index in [4.69, 9.17) is 4.74 Å². The third-order valence-electron chi connectivity index (χ3n) is 1.06. The van der Waals surface area contributed by atoms with Gasteiger partial charge < -0.3 is 4.74 Å². The number of hydrogen-bond donors (Lipinski definition) is 0. The molecule has 0 bridgehead atoms. The normalized spacial score (nSPS) is 24.8. The predicted octanol–water partition coefficient (Wildman–Crippen LogP) is 0.530. The van der Waals surface area contributed by atoms with Gasteiger partial charge in [-0.05, 0) is 6.08 Å². The molecule has 0 aromatic heterocycles. The summed E-state index contributed by atoms with van der Waals surface area (Å²) in [6, 6.07) is 0. The van der Waals surface area contributed by atoms with Crippen LogP contribution in [-0.4, -0.2) is 18.5 Å². The maximum absolute atomic E-state index is 10.5. The van der Waals surface area contributed by atoms with Gasteiger partial charge in [0.25, 0.3) is 0 Å². The molecule has 1 saturated heterocycles. The van der Waals surface area contributed by atoms with Gasteiger partial charge >= 0.3 is 0 Å². The van der Waals surface area contributed by atoms with Crippen LogP contribution in [0.1, 0.15) is 6.42 Å². The van der Waals surface area contributed by atoms with Gasteiger partial charge in [0.2, 0.25) is 0 Å². The Kier molecular flexibility index (Phi) is 1.44. The molecule has 8 heavy (non-hydrogen) atoms. The van der Waals surface area contributed by atoms with Crippen molar-refractivity contribution in [2.24, 2.45) is 0 Å². The number of ether oxygens (including phenoxy) is 1. The molecule has 0 radical (unpaired) electrons. The minimum absolute atomic E-state index is 0.0764. The van der Waals surface area contributed by atoms with Gasteiger partial charge in [-0.2, -0.15) is 0 Å². The molecule has 1 unspecified atom stereocenters. The highest BCUT2D eigenvalue weighted by molar-refractivity contribution is 5.89. The van der Waals surface area contributed by atoms with Crippen LogP contribution >= 0.6 is 0 Å². The van der Waals surface area contributed by atoms with Crippen LogP contribution in [0.3, 0.4) is 0 Å². The van der Waals surface area contributed by atoms with Crippen LogP contribution in [0, 0.1) is 0 Å². The molecule has 0 aromatic carbocycles. The van der Waals surface area contributed by atoms with Gasteiger partial charge in [-0.25, -0.2) is 0 Å². The minimum atomic E-state index is 0.0764. The summed E-state index contributed by atoms with van der Waals surface area (Å²) < 4.78 is 4.81. The first-order chi connectivity index (χ1) is 3.83. The fraction of sp³-hybridized carbons (Fsp3) is 0.500. The second kappa shape index (κ2) is 2.09. The maximum Gasteiger partial charge on any atom is 0.157 e. The Balaban J connectivity index is 2.16. The highest BCUT2D eigenvalue weighted by Gasteiger charge is 2.23. The van der Waals surface area contributed by atoms with Gasteiger partial charge in [0.05, 0.1) is 12.7 Å². The van der Waals surface area contributed by atoms with Gasteiger partial charge in [-0.3, -0.25) is 4.79 Å². The second-order valence-corrected chi connectivity index (χ2v) is 1.83. The summed E-state index contributed by atoms with van der Waals surface area (Å²) in [7, 11) is 0. The molecule has 0 saturated carbocycles. The Morgan fingerprint density at radius 3 is 3.00 bits per heavy atom. The summed E-state index contributed by atoms with van der Waals surface area (Å²) in [6.45, 7) is 4.09. The van der Waals surface area contributed by atoms with Crippen LogP contribution in [-0.2, 0) is 9.53 Å². The second-order valence-electron chi connectivity index (χ2n) is 1.83. The topological polar surface area (TPSA) is 29.6 Å². The van der Waals surface area contributed by atoms with Crippen LogP contribution < -0.4 is 0 Å². The van der Waals surface area contributed by atoms with Gasteiger partial charge in [-0.15, -0.1) is 0 Å². The molecule has 0 N–H and O–H groups in total. The molecular formula is C6H8O2. The number of hydrogen-bond acceptors (Lipinski definition) is 2. The van der Waals surface area contributed by atoms with E-state index in [9.17, 15) is 4.79 Å². The van der Waals surface area contributed by atoms with E-state index < -0.39 is 0 Å². The zero-order valence-corrected chi connectivity index (χ0v) is 4.59. The van der Waals surface area contributed by atoms with Crippen molar-refractivity contribution >= 4 is 5.78 Å². The Morgan fingerprint density at radius 2 is 2.62 bits per heavy atom. The molecule has 2 nitrogen and oxygen atoms in total. The Bertz CT molecular complexity index is 114. The van der Waals surface area contributed by atoms with Crippen molar-refractivity contribution in [1.29, 1.82) is 0 Å². The summed E-state index contributed by atoms with van der Waals surface area (Å²) in [5.74, 6) is 0.0764. The zero-order chi connectivity index (χ0) is 5.98. The maximum atomic E-state index is 10.5. The van der Waals surface area contributed by atoms with E-state index in [1.807, 2.05) is 0 Å². The Hall–Kier alpha value is -0.630. The molecule has 1 fully saturated rings. The summed E-state index contributed by atoms with van der Waals surface area (Å²) in [4.78, 5) is 10.5. The molecule has 0 aliphatic carbocycles. The van der Waals surface area contributed by atoms with Crippen LogP contribution in [0.25, 0.3) is 0 Å². The third-order valence-corrected chi connectivity index (χ3v) is 1.06. The molecule has 1 aliphatic rings. The van der Waals surface area contributed by atoms with Crippen LogP contribution in [0.4, 0.5) is 0 Å². The van der Waals surface area contributed by atoms with Crippen molar-refractivity contribution in [1.82, 2.24) is 0 Å². The van der Waals surface area contributed by atoms with Crippen molar-refractivity contribution in [3.8, 4) is 0 Å². The van der Waals surface area contributed by atoms with Crippen molar-refractivity contribution in [2.45, 2.75) is 12.5 Å². The number of epoxide rings is 1. The van der Waals surface area contributed by atoms with Crippen molar-refractivity contribution in [3.05, 3.63) is 12.7 Å². The Morgan fingerprint density at radius 1 is 2.00 bits per heavy atom. The lowest BCUT2D eigenvalue weighted by Gasteiger charge is -1.83. The van der Waals surface area contributed by atoms with E-state index in [-0.39, 0.29) is 11.9 Å². The summed E-state index contributed by atoms with van der Waals surface area (Å²) in [5, 5.41) is 0.